The molecule has 39 valence electrons. The Kier molecular flexibility index (Phi) is 273. The minimum atomic E-state index is 0. The molecule has 0 aliphatic rings. The molecule has 0 unspecified atom stereocenters. The first-order chi connectivity index (χ1) is 0. The van der Waals surface area contributed by atoms with Crippen LogP contribution >= 0.6 is 0 Å². The van der Waals surface area contributed by atoms with Gasteiger partial charge in [0.25, 0.3) is 0 Å². The van der Waals surface area contributed by atoms with E-state index in [0.29, 0.717) is 0 Å². The van der Waals surface area contributed by atoms with Gasteiger partial charge in [-0.1, -0.05) is 0 Å². The van der Waals surface area contributed by atoms with Crippen LogP contribution in [-0.2, 0) is 72.0 Å². The summed E-state index contributed by atoms with van der Waals surface area (Å²) in [4.78, 5) is 0. The van der Waals surface area contributed by atoms with Crippen LogP contribution in [0.3, 0.4) is 0 Å². The fourth-order valence-corrected chi connectivity index (χ4v) is 0. The van der Waals surface area contributed by atoms with Crippen molar-refractivity contribution in [3.63, 3.8) is 0 Å². The molecule has 0 spiro atoms. The standard InChI is InChI=1S/Al.Cr.Cu.Mo.Ni.3H. The van der Waals surface area contributed by atoms with Crippen molar-refractivity contribution in [3.8, 4) is 0 Å². The Balaban J connectivity index is 0. The van der Waals surface area contributed by atoms with Crippen LogP contribution in [0.4, 0.5) is 0 Å². The molecular weight excluding hydrogens is 297 g/mol. The van der Waals surface area contributed by atoms with Crippen molar-refractivity contribution in [2.45, 2.75) is 0 Å². The second-order valence-electron chi connectivity index (χ2n) is 0. The molecule has 1 radical (unpaired) electrons. The summed E-state index contributed by atoms with van der Waals surface area (Å²) in [5.41, 5.74) is 0. The molecule has 0 N–H and O–H groups in total. The van der Waals surface area contributed by atoms with Gasteiger partial charge in [0.1, 0.15) is 0 Å². The third kappa shape index (κ3) is 20.1. The SMILES string of the molecule is [AlH3].[Cr].[Cu].[Mo].[Ni]. The fourth-order valence-electron chi connectivity index (χ4n) is 0. The molecule has 0 rings (SSSR count). The number of hydrogen-bond acceptors (Lipinski definition) is 0. The predicted molar refractivity (Wildman–Crippen MR) is 9.94 cm³/mol. The smallest absolute Gasteiger partial charge is 0 e. The summed E-state index contributed by atoms with van der Waals surface area (Å²) in [5.74, 6) is 0. The first-order valence-corrected chi connectivity index (χ1v) is 0. The molecule has 0 fully saturated rings. The molecular formula is H3AlCrCuMoNi. The summed E-state index contributed by atoms with van der Waals surface area (Å²) < 4.78 is 0. The summed E-state index contributed by atoms with van der Waals surface area (Å²) in [5, 5.41) is 0. The summed E-state index contributed by atoms with van der Waals surface area (Å²) >= 11 is 0. The van der Waals surface area contributed by atoms with Crippen molar-refractivity contribution in [3.05, 3.63) is 0 Å². The molecule has 0 aromatic heterocycles. The van der Waals surface area contributed by atoms with Crippen LogP contribution in [0.25, 0.3) is 0 Å². The topological polar surface area (TPSA) is 0 Å². The maximum Gasteiger partial charge on any atom is 0.187 e. The molecule has 0 aliphatic heterocycles. The zero-order chi connectivity index (χ0) is 0. The van der Waals surface area contributed by atoms with E-state index in [9.17, 15) is 0 Å². The van der Waals surface area contributed by atoms with Gasteiger partial charge in [0.05, 0.1) is 0 Å². The van der Waals surface area contributed by atoms with E-state index in [0.717, 1.165) is 0 Å². The van der Waals surface area contributed by atoms with Gasteiger partial charge in [0.2, 0.25) is 0 Å². The van der Waals surface area contributed by atoms with E-state index >= 15 is 0 Å². The predicted octanol–water partition coefficient (Wildman–Crippen LogP) is -1.19. The Morgan fingerprint density at radius 2 is 1.00 bits per heavy atom. The van der Waals surface area contributed by atoms with Crippen LogP contribution in [-0.4, -0.2) is 17.4 Å². The van der Waals surface area contributed by atoms with Gasteiger partial charge >= 0.3 is 0 Å². The Hall–Kier alpha value is 2.77. The molecule has 0 atom stereocenters. The van der Waals surface area contributed by atoms with Gasteiger partial charge in [-0.2, -0.15) is 0 Å². The Labute approximate surface area is 88.1 Å². The fraction of sp³-hybridized carbons (Fsp3) is 0. The van der Waals surface area contributed by atoms with Gasteiger partial charge in [-0.3, -0.25) is 0 Å². The first kappa shape index (κ1) is 46.5. The molecule has 0 aromatic rings. The van der Waals surface area contributed by atoms with Crippen LogP contribution in [0, 0.1) is 0 Å². The molecule has 0 aliphatic carbocycles. The van der Waals surface area contributed by atoms with Gasteiger partial charge in [-0.15, -0.1) is 0 Å². The quantitative estimate of drug-likeness (QED) is 0.493. The van der Waals surface area contributed by atoms with Crippen molar-refractivity contribution in [2.24, 2.45) is 0 Å². The van der Waals surface area contributed by atoms with E-state index < -0.39 is 0 Å². The summed E-state index contributed by atoms with van der Waals surface area (Å²) in [6.45, 7) is 0. The summed E-state index contributed by atoms with van der Waals surface area (Å²) in [6, 6.07) is 0. The molecule has 0 aromatic carbocycles. The molecule has 0 saturated carbocycles. The minimum Gasteiger partial charge on any atom is 0 e. The maximum absolute atomic E-state index is 0. The van der Waals surface area contributed by atoms with E-state index in [2.05, 4.69) is 0 Å². The van der Waals surface area contributed by atoms with Crippen molar-refractivity contribution in [1.82, 2.24) is 0 Å². The molecule has 0 bridgehead atoms. The van der Waals surface area contributed by atoms with Crippen molar-refractivity contribution in [1.29, 1.82) is 0 Å². The van der Waals surface area contributed by atoms with Crippen molar-refractivity contribution >= 4 is 17.4 Å². The van der Waals surface area contributed by atoms with Gasteiger partial charge in [-0.25, -0.2) is 0 Å². The van der Waals surface area contributed by atoms with E-state index in [-0.39, 0.29) is 89.3 Å². The molecule has 0 saturated heterocycles. The third-order valence-corrected chi connectivity index (χ3v) is 0. The first-order valence-electron chi connectivity index (χ1n) is 0. The maximum atomic E-state index is 0. The van der Waals surface area contributed by atoms with Gasteiger partial charge in [0, 0.05) is 72.0 Å². The van der Waals surface area contributed by atoms with E-state index in [1.807, 2.05) is 0 Å². The second kappa shape index (κ2) is 29.4. The number of rotatable bonds is 0. The summed E-state index contributed by atoms with van der Waals surface area (Å²) in [6.07, 6.45) is 0. The van der Waals surface area contributed by atoms with Gasteiger partial charge < -0.3 is 0 Å². The third-order valence-electron chi connectivity index (χ3n) is 0. The average molecular weight is 300 g/mol. The monoisotopic (exact) mass is 301 g/mol. The van der Waals surface area contributed by atoms with Crippen LogP contribution in [0.5, 0.6) is 0 Å². The molecule has 0 amide bonds. The number of hydrogen-bond donors (Lipinski definition) is 0. The van der Waals surface area contributed by atoms with Crippen LogP contribution in [0.15, 0.2) is 0 Å². The van der Waals surface area contributed by atoms with Crippen LogP contribution < -0.4 is 0 Å². The van der Waals surface area contributed by atoms with E-state index in [1.54, 1.807) is 0 Å². The minimum absolute atomic E-state index is 0. The van der Waals surface area contributed by atoms with Gasteiger partial charge in [-0.05, 0) is 0 Å². The average Bonchev–Trinajstić information content (AvgIpc) is 0. The van der Waals surface area contributed by atoms with Crippen LogP contribution in [0.1, 0.15) is 0 Å². The zero-order valence-electron chi connectivity index (χ0n) is 1.43. The second-order valence-corrected chi connectivity index (χ2v) is 0. The Morgan fingerprint density at radius 3 is 1.00 bits per heavy atom. The van der Waals surface area contributed by atoms with E-state index in [1.165, 1.54) is 0 Å². The van der Waals surface area contributed by atoms with Crippen molar-refractivity contribution < 1.29 is 72.0 Å². The molecule has 0 heterocycles. The Morgan fingerprint density at radius 1 is 1.00 bits per heavy atom. The largest absolute Gasteiger partial charge is 0.187 e. The Bertz CT molecular complexity index is 11.6. The van der Waals surface area contributed by atoms with Crippen LogP contribution in [0.2, 0.25) is 0 Å². The van der Waals surface area contributed by atoms with E-state index in [4.69, 9.17) is 0 Å². The summed E-state index contributed by atoms with van der Waals surface area (Å²) in [7, 11) is 0. The zero-order valence-corrected chi connectivity index (χ0v) is 6.65. The molecule has 0 nitrogen and oxygen atoms in total. The normalized spacial score (nSPS) is 0. The molecule has 5 heteroatoms. The van der Waals surface area contributed by atoms with Gasteiger partial charge in [0.15, 0.2) is 17.4 Å². The molecule has 5 heavy (non-hydrogen) atoms. The van der Waals surface area contributed by atoms with Crippen molar-refractivity contribution in [2.75, 3.05) is 0 Å².